The summed E-state index contributed by atoms with van der Waals surface area (Å²) >= 11 is 6.10. The summed E-state index contributed by atoms with van der Waals surface area (Å²) in [6, 6.07) is 15.3. The van der Waals surface area contributed by atoms with E-state index in [0.717, 1.165) is 29.8 Å². The third kappa shape index (κ3) is 4.20. The fourth-order valence-corrected chi connectivity index (χ4v) is 2.92. The molecular formula is C19H21ClN2O2. The fraction of sp³-hybridized carbons (Fsp3) is 0.316. The molecule has 1 aliphatic heterocycles. The average Bonchev–Trinajstić information content (AvgIpc) is 2.60. The third-order valence-electron chi connectivity index (χ3n) is 4.20. The van der Waals surface area contributed by atoms with Crippen molar-refractivity contribution in [3.63, 3.8) is 0 Å². The van der Waals surface area contributed by atoms with Gasteiger partial charge in [-0.3, -0.25) is 0 Å². The Kier molecular flexibility index (Phi) is 5.26. The fourth-order valence-electron chi connectivity index (χ4n) is 2.74. The Morgan fingerprint density at radius 3 is 2.54 bits per heavy atom. The molecule has 0 spiro atoms. The summed E-state index contributed by atoms with van der Waals surface area (Å²) in [7, 11) is 0. The summed E-state index contributed by atoms with van der Waals surface area (Å²) in [6.45, 7) is 3.30. The molecule has 0 aliphatic carbocycles. The number of aryl methyl sites for hydroxylation is 1. The quantitative estimate of drug-likeness (QED) is 0.875. The number of para-hydroxylation sites is 1. The summed E-state index contributed by atoms with van der Waals surface area (Å²) in [5, 5.41) is 3.56. The predicted octanol–water partition coefficient (Wildman–Crippen LogP) is 4.72. The van der Waals surface area contributed by atoms with Crippen LogP contribution in [0.5, 0.6) is 5.75 Å². The molecule has 5 heteroatoms. The summed E-state index contributed by atoms with van der Waals surface area (Å²) < 4.78 is 5.95. The molecule has 1 saturated heterocycles. The van der Waals surface area contributed by atoms with E-state index in [4.69, 9.17) is 16.3 Å². The highest BCUT2D eigenvalue weighted by Gasteiger charge is 2.24. The van der Waals surface area contributed by atoms with Crippen LogP contribution in [0.25, 0.3) is 0 Å². The molecule has 126 valence electrons. The summed E-state index contributed by atoms with van der Waals surface area (Å²) in [6.07, 6.45) is 1.82. The van der Waals surface area contributed by atoms with Crippen molar-refractivity contribution in [3.05, 3.63) is 59.1 Å². The lowest BCUT2D eigenvalue weighted by Crippen LogP contribution is -2.43. The van der Waals surface area contributed by atoms with E-state index in [1.807, 2.05) is 54.3 Å². The lowest BCUT2D eigenvalue weighted by atomic mass is 10.1. The molecule has 4 nitrogen and oxygen atoms in total. The molecule has 1 heterocycles. The number of hydrogen-bond donors (Lipinski definition) is 1. The number of rotatable bonds is 3. The number of carbonyl (C=O) groups excluding carboxylic acids is 1. The van der Waals surface area contributed by atoms with Crippen molar-refractivity contribution in [1.82, 2.24) is 4.90 Å². The van der Waals surface area contributed by atoms with Crippen LogP contribution in [-0.2, 0) is 0 Å². The Morgan fingerprint density at radius 2 is 1.88 bits per heavy atom. The Morgan fingerprint density at radius 1 is 1.17 bits per heavy atom. The number of anilines is 1. The van der Waals surface area contributed by atoms with Gasteiger partial charge in [0.2, 0.25) is 0 Å². The van der Waals surface area contributed by atoms with E-state index < -0.39 is 0 Å². The molecule has 2 amide bonds. The van der Waals surface area contributed by atoms with E-state index in [0.29, 0.717) is 18.1 Å². The Hall–Kier alpha value is -2.20. The number of benzene rings is 2. The topological polar surface area (TPSA) is 41.6 Å². The standard InChI is InChI=1S/C19H21ClN2O2/c1-14-7-8-15(13-18(14)20)21-19(23)22-11-9-17(10-12-22)24-16-5-3-2-4-6-16/h2-8,13,17H,9-12H2,1H3,(H,21,23). The third-order valence-corrected chi connectivity index (χ3v) is 4.61. The van der Waals surface area contributed by atoms with Gasteiger partial charge in [0.1, 0.15) is 11.9 Å². The van der Waals surface area contributed by atoms with Crippen LogP contribution in [0.1, 0.15) is 18.4 Å². The van der Waals surface area contributed by atoms with Crippen LogP contribution >= 0.6 is 11.6 Å². The molecule has 0 bridgehead atoms. The number of urea groups is 1. The van der Waals surface area contributed by atoms with Crippen molar-refractivity contribution < 1.29 is 9.53 Å². The summed E-state index contributed by atoms with van der Waals surface area (Å²) in [5.41, 5.74) is 1.71. The number of carbonyl (C=O) groups is 1. The molecule has 0 unspecified atom stereocenters. The Labute approximate surface area is 147 Å². The van der Waals surface area contributed by atoms with Gasteiger partial charge in [-0.15, -0.1) is 0 Å². The molecular weight excluding hydrogens is 324 g/mol. The second kappa shape index (κ2) is 7.58. The van der Waals surface area contributed by atoms with Crippen LogP contribution in [-0.4, -0.2) is 30.1 Å². The molecule has 0 radical (unpaired) electrons. The van der Waals surface area contributed by atoms with Crippen molar-refractivity contribution in [2.75, 3.05) is 18.4 Å². The lowest BCUT2D eigenvalue weighted by molar-refractivity contribution is 0.115. The van der Waals surface area contributed by atoms with Crippen molar-refractivity contribution in [2.45, 2.75) is 25.9 Å². The van der Waals surface area contributed by atoms with Gasteiger partial charge in [0, 0.05) is 36.6 Å². The van der Waals surface area contributed by atoms with Gasteiger partial charge >= 0.3 is 6.03 Å². The van der Waals surface area contributed by atoms with Gasteiger partial charge in [-0.1, -0.05) is 35.9 Å². The average molecular weight is 345 g/mol. The predicted molar refractivity (Wildman–Crippen MR) is 96.9 cm³/mol. The number of nitrogens with one attached hydrogen (secondary N) is 1. The van der Waals surface area contributed by atoms with Crippen LogP contribution < -0.4 is 10.1 Å². The van der Waals surface area contributed by atoms with E-state index in [-0.39, 0.29) is 12.1 Å². The normalized spacial score (nSPS) is 15.2. The molecule has 0 aromatic heterocycles. The van der Waals surface area contributed by atoms with E-state index in [1.165, 1.54) is 0 Å². The van der Waals surface area contributed by atoms with Crippen molar-refractivity contribution in [3.8, 4) is 5.75 Å². The van der Waals surface area contributed by atoms with Crippen molar-refractivity contribution in [1.29, 1.82) is 0 Å². The van der Waals surface area contributed by atoms with Crippen molar-refractivity contribution >= 4 is 23.3 Å². The first kappa shape index (κ1) is 16.7. The molecule has 3 rings (SSSR count). The van der Waals surface area contributed by atoms with Crippen LogP contribution in [0.4, 0.5) is 10.5 Å². The highest BCUT2D eigenvalue weighted by molar-refractivity contribution is 6.31. The molecule has 24 heavy (non-hydrogen) atoms. The first-order valence-electron chi connectivity index (χ1n) is 8.15. The van der Waals surface area contributed by atoms with Gasteiger partial charge in [0.15, 0.2) is 0 Å². The zero-order valence-electron chi connectivity index (χ0n) is 13.7. The smallest absolute Gasteiger partial charge is 0.321 e. The van der Waals surface area contributed by atoms with Gasteiger partial charge in [0.05, 0.1) is 0 Å². The molecule has 1 fully saturated rings. The van der Waals surface area contributed by atoms with Crippen LogP contribution in [0.2, 0.25) is 5.02 Å². The number of likely N-dealkylation sites (tertiary alicyclic amines) is 1. The van der Waals surface area contributed by atoms with Gasteiger partial charge < -0.3 is 15.0 Å². The number of ether oxygens (including phenoxy) is 1. The maximum Gasteiger partial charge on any atom is 0.321 e. The molecule has 0 saturated carbocycles. The minimum atomic E-state index is -0.0897. The first-order valence-corrected chi connectivity index (χ1v) is 8.53. The highest BCUT2D eigenvalue weighted by Crippen LogP contribution is 2.22. The Bertz CT molecular complexity index is 698. The second-order valence-electron chi connectivity index (χ2n) is 6.01. The number of hydrogen-bond acceptors (Lipinski definition) is 2. The lowest BCUT2D eigenvalue weighted by Gasteiger charge is -2.32. The molecule has 2 aromatic rings. The second-order valence-corrected chi connectivity index (χ2v) is 6.42. The maximum atomic E-state index is 12.4. The zero-order valence-corrected chi connectivity index (χ0v) is 14.4. The van der Waals surface area contributed by atoms with Crippen molar-refractivity contribution in [2.24, 2.45) is 0 Å². The number of amides is 2. The number of halogens is 1. The largest absolute Gasteiger partial charge is 0.490 e. The minimum Gasteiger partial charge on any atom is -0.490 e. The molecule has 1 aliphatic rings. The summed E-state index contributed by atoms with van der Waals surface area (Å²) in [4.78, 5) is 14.2. The van der Waals surface area contributed by atoms with Crippen LogP contribution in [0.15, 0.2) is 48.5 Å². The zero-order chi connectivity index (χ0) is 16.9. The molecule has 2 aromatic carbocycles. The number of piperidine rings is 1. The van der Waals surface area contributed by atoms with Crippen LogP contribution in [0, 0.1) is 6.92 Å². The molecule has 1 N–H and O–H groups in total. The summed E-state index contributed by atoms with van der Waals surface area (Å²) in [5.74, 6) is 0.884. The van der Waals surface area contributed by atoms with E-state index in [2.05, 4.69) is 5.32 Å². The van der Waals surface area contributed by atoms with E-state index in [1.54, 1.807) is 6.07 Å². The van der Waals surface area contributed by atoms with E-state index in [9.17, 15) is 4.79 Å². The minimum absolute atomic E-state index is 0.0897. The maximum absolute atomic E-state index is 12.4. The highest BCUT2D eigenvalue weighted by atomic mass is 35.5. The van der Waals surface area contributed by atoms with Gasteiger partial charge in [-0.2, -0.15) is 0 Å². The SMILES string of the molecule is Cc1ccc(NC(=O)N2CCC(Oc3ccccc3)CC2)cc1Cl. The van der Waals surface area contributed by atoms with Gasteiger partial charge in [-0.05, 0) is 36.8 Å². The van der Waals surface area contributed by atoms with Gasteiger partial charge in [-0.25, -0.2) is 4.79 Å². The van der Waals surface area contributed by atoms with E-state index >= 15 is 0 Å². The first-order chi connectivity index (χ1) is 11.6. The van der Waals surface area contributed by atoms with Crippen LogP contribution in [0.3, 0.4) is 0 Å². The number of nitrogens with zero attached hydrogens (tertiary/aromatic N) is 1. The molecule has 0 atom stereocenters. The monoisotopic (exact) mass is 344 g/mol. The van der Waals surface area contributed by atoms with Gasteiger partial charge in [0.25, 0.3) is 0 Å². The Balaban J connectivity index is 1.50.